The van der Waals surface area contributed by atoms with E-state index in [0.717, 1.165) is 0 Å². The molecule has 0 atom stereocenters. The molecule has 8 nitrogen and oxygen atoms in total. The lowest BCUT2D eigenvalue weighted by molar-refractivity contribution is -0.120. The first-order valence-electron chi connectivity index (χ1n) is 7.83. The van der Waals surface area contributed by atoms with Gasteiger partial charge in [0.05, 0.1) is 0 Å². The van der Waals surface area contributed by atoms with Crippen molar-refractivity contribution >= 4 is 21.7 Å². The summed E-state index contributed by atoms with van der Waals surface area (Å²) in [5.74, 6) is -0.598. The predicted octanol–water partition coefficient (Wildman–Crippen LogP) is 1.22. The lowest BCUT2D eigenvalue weighted by Gasteiger charge is -2.30. The van der Waals surface area contributed by atoms with Crippen molar-refractivity contribution in [2.24, 2.45) is 5.92 Å². The Hall–Kier alpha value is -2.52. The van der Waals surface area contributed by atoms with Crippen molar-refractivity contribution in [1.82, 2.24) is 14.3 Å². The van der Waals surface area contributed by atoms with Crippen LogP contribution in [-0.4, -0.2) is 46.8 Å². The minimum atomic E-state index is -3.59. The first-order chi connectivity index (χ1) is 12.0. The van der Waals surface area contributed by atoms with Crippen molar-refractivity contribution in [3.63, 3.8) is 0 Å². The first-order valence-corrected chi connectivity index (χ1v) is 9.27. The molecule has 2 aromatic heterocycles. The normalized spacial score (nSPS) is 16.5. The van der Waals surface area contributed by atoms with E-state index in [1.165, 1.54) is 35.0 Å². The molecule has 0 bridgehead atoms. The highest BCUT2D eigenvalue weighted by atomic mass is 32.2. The topological polar surface area (TPSA) is 112 Å². The number of hydrogen-bond acceptors (Lipinski definition) is 6. The summed E-state index contributed by atoms with van der Waals surface area (Å²) in [5.41, 5.74) is 0. The fourth-order valence-electron chi connectivity index (χ4n) is 2.72. The van der Waals surface area contributed by atoms with Crippen LogP contribution < -0.4 is 5.32 Å². The van der Waals surface area contributed by atoms with Crippen LogP contribution in [0.1, 0.15) is 12.8 Å². The van der Waals surface area contributed by atoms with Gasteiger partial charge >= 0.3 is 0 Å². The number of hydrogen-bond donors (Lipinski definition) is 2. The molecule has 1 fully saturated rings. The summed E-state index contributed by atoms with van der Waals surface area (Å²) in [6.45, 7) is 0.507. The molecule has 0 unspecified atom stereocenters. The van der Waals surface area contributed by atoms with Gasteiger partial charge in [-0.2, -0.15) is 4.31 Å². The molecule has 1 amide bonds. The average molecular weight is 362 g/mol. The van der Waals surface area contributed by atoms with Gasteiger partial charge in [-0.3, -0.25) is 9.78 Å². The largest absolute Gasteiger partial charge is 0.504 e. The Labute approximate surface area is 145 Å². The van der Waals surface area contributed by atoms with Crippen LogP contribution in [0.15, 0.2) is 47.8 Å². The quantitative estimate of drug-likeness (QED) is 0.846. The number of rotatable bonds is 4. The number of amides is 1. The van der Waals surface area contributed by atoms with E-state index in [0.29, 0.717) is 12.8 Å². The van der Waals surface area contributed by atoms with Gasteiger partial charge in [-0.1, -0.05) is 0 Å². The molecular formula is C16H18N4O4S. The highest BCUT2D eigenvalue weighted by molar-refractivity contribution is 7.89. The molecular weight excluding hydrogens is 344 g/mol. The highest BCUT2D eigenvalue weighted by Crippen LogP contribution is 2.25. The van der Waals surface area contributed by atoms with Gasteiger partial charge in [0.25, 0.3) is 0 Å². The number of pyridine rings is 2. The molecule has 0 aliphatic carbocycles. The van der Waals surface area contributed by atoms with E-state index in [1.54, 1.807) is 12.1 Å². The zero-order chi connectivity index (χ0) is 17.9. The molecule has 25 heavy (non-hydrogen) atoms. The van der Waals surface area contributed by atoms with Crippen molar-refractivity contribution in [2.45, 2.75) is 17.7 Å². The lowest BCUT2D eigenvalue weighted by Crippen LogP contribution is -2.41. The molecule has 2 N–H and O–H groups in total. The van der Waals surface area contributed by atoms with Crippen LogP contribution in [0.4, 0.5) is 5.82 Å². The highest BCUT2D eigenvalue weighted by Gasteiger charge is 2.32. The smallest absolute Gasteiger partial charge is 0.244 e. The molecule has 1 aliphatic heterocycles. The SMILES string of the molecule is O=C(Nc1ncccc1O)C1CCN(S(=O)(=O)c2cccnc2)CC1. The maximum atomic E-state index is 12.5. The van der Waals surface area contributed by atoms with Crippen LogP contribution >= 0.6 is 0 Å². The fraction of sp³-hybridized carbons (Fsp3) is 0.312. The van der Waals surface area contributed by atoms with E-state index in [4.69, 9.17) is 0 Å². The van der Waals surface area contributed by atoms with E-state index in [9.17, 15) is 18.3 Å². The monoisotopic (exact) mass is 362 g/mol. The van der Waals surface area contributed by atoms with Crippen LogP contribution in [0.2, 0.25) is 0 Å². The second kappa shape index (κ2) is 7.16. The van der Waals surface area contributed by atoms with Gasteiger partial charge in [-0.05, 0) is 37.1 Å². The predicted molar refractivity (Wildman–Crippen MR) is 90.3 cm³/mol. The van der Waals surface area contributed by atoms with Crippen molar-refractivity contribution in [3.8, 4) is 5.75 Å². The third-order valence-corrected chi connectivity index (χ3v) is 6.01. The molecule has 3 heterocycles. The van der Waals surface area contributed by atoms with Gasteiger partial charge in [-0.15, -0.1) is 0 Å². The minimum Gasteiger partial charge on any atom is -0.504 e. The maximum absolute atomic E-state index is 12.5. The van der Waals surface area contributed by atoms with Crippen molar-refractivity contribution in [2.75, 3.05) is 18.4 Å². The Morgan fingerprint density at radius 1 is 1.20 bits per heavy atom. The zero-order valence-electron chi connectivity index (χ0n) is 13.4. The Morgan fingerprint density at radius 3 is 2.56 bits per heavy atom. The number of aromatic nitrogens is 2. The van der Waals surface area contributed by atoms with E-state index in [2.05, 4.69) is 15.3 Å². The molecule has 0 spiro atoms. The van der Waals surface area contributed by atoms with Gasteiger partial charge in [0.2, 0.25) is 15.9 Å². The number of carbonyl (C=O) groups is 1. The number of carbonyl (C=O) groups excluding carboxylic acids is 1. The van der Waals surface area contributed by atoms with Gasteiger partial charge in [0, 0.05) is 37.6 Å². The van der Waals surface area contributed by atoms with Crippen LogP contribution in [-0.2, 0) is 14.8 Å². The number of nitrogens with one attached hydrogen (secondary N) is 1. The number of sulfonamides is 1. The second-order valence-corrected chi connectivity index (χ2v) is 7.67. The molecule has 0 aromatic carbocycles. The molecule has 0 saturated carbocycles. The van der Waals surface area contributed by atoms with E-state index < -0.39 is 10.0 Å². The fourth-order valence-corrected chi connectivity index (χ4v) is 4.15. The summed E-state index contributed by atoms with van der Waals surface area (Å²) in [4.78, 5) is 20.2. The van der Waals surface area contributed by atoms with Gasteiger partial charge in [0.15, 0.2) is 11.6 Å². The molecule has 132 valence electrons. The Balaban J connectivity index is 1.62. The van der Waals surface area contributed by atoms with Crippen molar-refractivity contribution in [3.05, 3.63) is 42.9 Å². The number of nitrogens with zero attached hydrogens (tertiary/aromatic N) is 3. The summed E-state index contributed by atoms with van der Waals surface area (Å²) in [7, 11) is -3.59. The van der Waals surface area contributed by atoms with Crippen molar-refractivity contribution in [1.29, 1.82) is 0 Å². The number of piperidine rings is 1. The van der Waals surface area contributed by atoms with Crippen LogP contribution in [0, 0.1) is 5.92 Å². The Bertz CT molecular complexity index is 849. The summed E-state index contributed by atoms with van der Waals surface area (Å²) < 4.78 is 26.5. The van der Waals surface area contributed by atoms with E-state index in [1.807, 2.05) is 0 Å². The molecule has 0 radical (unpaired) electrons. The molecule has 9 heteroatoms. The van der Waals surface area contributed by atoms with E-state index in [-0.39, 0.29) is 41.4 Å². The minimum absolute atomic E-state index is 0.104. The third-order valence-electron chi connectivity index (χ3n) is 4.12. The summed E-state index contributed by atoms with van der Waals surface area (Å²) in [6, 6.07) is 6.08. The molecule has 2 aromatic rings. The summed E-state index contributed by atoms with van der Waals surface area (Å²) >= 11 is 0. The first kappa shape index (κ1) is 17.3. The van der Waals surface area contributed by atoms with Crippen LogP contribution in [0.3, 0.4) is 0 Å². The maximum Gasteiger partial charge on any atom is 0.244 e. The molecule has 3 rings (SSSR count). The Morgan fingerprint density at radius 2 is 1.92 bits per heavy atom. The number of aromatic hydroxyl groups is 1. The lowest BCUT2D eigenvalue weighted by atomic mass is 9.97. The van der Waals surface area contributed by atoms with Gasteiger partial charge < -0.3 is 10.4 Å². The average Bonchev–Trinajstić information content (AvgIpc) is 2.64. The molecule has 1 aliphatic rings. The van der Waals surface area contributed by atoms with E-state index >= 15 is 0 Å². The Kier molecular flexibility index (Phi) is 4.95. The summed E-state index contributed by atoms with van der Waals surface area (Å²) in [6.07, 6.45) is 5.11. The zero-order valence-corrected chi connectivity index (χ0v) is 14.2. The summed E-state index contributed by atoms with van der Waals surface area (Å²) in [5, 5.41) is 12.2. The standard InChI is InChI=1S/C16H18N4O4S/c21-14-4-2-8-18-15(14)19-16(22)12-5-9-20(10-6-12)25(23,24)13-3-1-7-17-11-13/h1-4,7-8,11-12,21H,5-6,9-10H2,(H,18,19,22). The van der Waals surface area contributed by atoms with Crippen molar-refractivity contribution < 1.29 is 18.3 Å². The van der Waals surface area contributed by atoms with Gasteiger partial charge in [0.1, 0.15) is 4.90 Å². The second-order valence-electron chi connectivity index (χ2n) is 5.73. The van der Waals surface area contributed by atoms with Gasteiger partial charge in [-0.25, -0.2) is 13.4 Å². The molecule has 1 saturated heterocycles. The third kappa shape index (κ3) is 3.77. The number of anilines is 1. The van der Waals surface area contributed by atoms with Crippen LogP contribution in [0.25, 0.3) is 0 Å². The van der Waals surface area contributed by atoms with Crippen LogP contribution in [0.5, 0.6) is 5.75 Å².